The maximum atomic E-state index is 12.1. The van der Waals surface area contributed by atoms with Gasteiger partial charge in [0.2, 0.25) is 5.91 Å². The van der Waals surface area contributed by atoms with E-state index in [1.165, 1.54) is 40.4 Å². The minimum Gasteiger partial charge on any atom is -0.496 e. The van der Waals surface area contributed by atoms with Crippen LogP contribution in [-0.4, -0.2) is 45.7 Å². The summed E-state index contributed by atoms with van der Waals surface area (Å²) in [6.07, 6.45) is 0. The van der Waals surface area contributed by atoms with E-state index in [-0.39, 0.29) is 18.0 Å². The van der Waals surface area contributed by atoms with Crippen molar-refractivity contribution < 1.29 is 33.3 Å². The molecule has 0 aromatic heterocycles. The number of hydrogen-bond acceptors (Lipinski definition) is 7. The van der Waals surface area contributed by atoms with Gasteiger partial charge in [0.05, 0.1) is 26.9 Å². The van der Waals surface area contributed by atoms with Gasteiger partial charge < -0.3 is 29.6 Å². The normalized spacial score (nSPS) is 10.0. The molecule has 9 nitrogen and oxygen atoms in total. The molecule has 0 aliphatic heterocycles. The van der Waals surface area contributed by atoms with E-state index in [1.807, 2.05) is 0 Å². The lowest BCUT2D eigenvalue weighted by Gasteiger charge is -2.14. The van der Waals surface area contributed by atoms with Crippen molar-refractivity contribution in [3.05, 3.63) is 47.5 Å². The summed E-state index contributed by atoms with van der Waals surface area (Å²) in [7, 11) is 4.53. The molecular formula is C21H24N2O7. The second-order valence-corrected chi connectivity index (χ2v) is 6.13. The van der Waals surface area contributed by atoms with Crippen LogP contribution in [0.3, 0.4) is 0 Å². The van der Waals surface area contributed by atoms with Crippen LogP contribution in [-0.2, 0) is 20.9 Å². The lowest BCUT2D eigenvalue weighted by Crippen LogP contribution is -2.28. The van der Waals surface area contributed by atoms with Crippen LogP contribution in [0.25, 0.3) is 0 Å². The highest BCUT2D eigenvalue weighted by molar-refractivity contribution is 5.93. The fourth-order valence-corrected chi connectivity index (χ4v) is 2.58. The van der Waals surface area contributed by atoms with Crippen molar-refractivity contribution in [2.75, 3.05) is 33.3 Å². The van der Waals surface area contributed by atoms with Crippen molar-refractivity contribution in [2.45, 2.75) is 13.5 Å². The Morgan fingerprint density at radius 1 is 0.867 bits per heavy atom. The maximum Gasteiger partial charge on any atom is 0.338 e. The maximum absolute atomic E-state index is 12.1. The monoisotopic (exact) mass is 416 g/mol. The van der Waals surface area contributed by atoms with Gasteiger partial charge in [-0.05, 0) is 30.3 Å². The SMILES string of the molecule is COc1cc(OC)c(OC)cc1CNC(=O)COC(=O)c1ccc(NC(C)=O)cc1. The smallest absolute Gasteiger partial charge is 0.338 e. The molecule has 0 fully saturated rings. The summed E-state index contributed by atoms with van der Waals surface area (Å²) in [5.41, 5.74) is 1.49. The van der Waals surface area contributed by atoms with Crippen molar-refractivity contribution in [1.29, 1.82) is 0 Å². The highest BCUT2D eigenvalue weighted by atomic mass is 16.5. The first-order valence-corrected chi connectivity index (χ1v) is 8.98. The molecule has 160 valence electrons. The molecule has 9 heteroatoms. The molecule has 0 radical (unpaired) electrons. The largest absolute Gasteiger partial charge is 0.496 e. The summed E-state index contributed by atoms with van der Waals surface area (Å²) < 4.78 is 20.8. The number of esters is 1. The first kappa shape index (κ1) is 22.5. The van der Waals surface area contributed by atoms with Crippen LogP contribution >= 0.6 is 0 Å². The standard InChI is InChI=1S/C21H24N2O7/c1-13(24)23-16-7-5-14(6-8-16)21(26)30-12-20(25)22-11-15-9-18(28-3)19(29-4)10-17(15)27-2/h5-10H,11-12H2,1-4H3,(H,22,25)(H,23,24). The molecule has 0 aliphatic rings. The Bertz CT molecular complexity index is 910. The topological polar surface area (TPSA) is 112 Å². The van der Waals surface area contributed by atoms with Crippen LogP contribution in [0.1, 0.15) is 22.8 Å². The molecule has 2 N–H and O–H groups in total. The van der Waals surface area contributed by atoms with E-state index >= 15 is 0 Å². The second kappa shape index (κ2) is 10.7. The predicted molar refractivity (Wildman–Crippen MR) is 109 cm³/mol. The van der Waals surface area contributed by atoms with Gasteiger partial charge in [-0.15, -0.1) is 0 Å². The molecular weight excluding hydrogens is 392 g/mol. The molecule has 2 rings (SSSR count). The van der Waals surface area contributed by atoms with E-state index in [4.69, 9.17) is 18.9 Å². The van der Waals surface area contributed by atoms with E-state index < -0.39 is 18.5 Å². The average molecular weight is 416 g/mol. The molecule has 0 aliphatic carbocycles. The molecule has 2 amide bonds. The van der Waals surface area contributed by atoms with Crippen molar-refractivity contribution in [2.24, 2.45) is 0 Å². The number of hydrogen-bond donors (Lipinski definition) is 2. The van der Waals surface area contributed by atoms with Crippen molar-refractivity contribution in [1.82, 2.24) is 5.32 Å². The second-order valence-electron chi connectivity index (χ2n) is 6.13. The molecule has 30 heavy (non-hydrogen) atoms. The van der Waals surface area contributed by atoms with E-state index in [0.29, 0.717) is 28.5 Å². The lowest BCUT2D eigenvalue weighted by atomic mass is 10.1. The van der Waals surface area contributed by atoms with Crippen LogP contribution in [0, 0.1) is 0 Å². The Labute approximate surface area is 174 Å². The number of nitrogens with one attached hydrogen (secondary N) is 2. The van der Waals surface area contributed by atoms with E-state index in [9.17, 15) is 14.4 Å². The zero-order chi connectivity index (χ0) is 22.1. The summed E-state index contributed by atoms with van der Waals surface area (Å²) in [5, 5.41) is 5.26. The Balaban J connectivity index is 1.90. The van der Waals surface area contributed by atoms with Gasteiger partial charge in [-0.1, -0.05) is 0 Å². The number of methoxy groups -OCH3 is 3. The van der Waals surface area contributed by atoms with Crippen LogP contribution < -0.4 is 24.8 Å². The highest BCUT2D eigenvalue weighted by Crippen LogP contribution is 2.34. The predicted octanol–water partition coefficient (Wildman–Crippen LogP) is 2.14. The van der Waals surface area contributed by atoms with Crippen molar-refractivity contribution in [3.63, 3.8) is 0 Å². The average Bonchev–Trinajstić information content (AvgIpc) is 2.75. The van der Waals surface area contributed by atoms with Gasteiger partial charge in [-0.25, -0.2) is 4.79 Å². The third-order valence-corrected chi connectivity index (χ3v) is 4.04. The van der Waals surface area contributed by atoms with E-state index in [2.05, 4.69) is 10.6 Å². The third kappa shape index (κ3) is 6.13. The number of ether oxygens (including phenoxy) is 4. The van der Waals surface area contributed by atoms with Crippen molar-refractivity contribution >= 4 is 23.5 Å². The Morgan fingerprint density at radius 3 is 2.03 bits per heavy atom. The summed E-state index contributed by atoms with van der Waals surface area (Å²) in [6, 6.07) is 9.49. The minimum absolute atomic E-state index is 0.144. The van der Waals surface area contributed by atoms with E-state index in [0.717, 1.165) is 0 Å². The first-order chi connectivity index (χ1) is 14.4. The number of rotatable bonds is 9. The van der Waals surface area contributed by atoms with Gasteiger partial charge in [0.1, 0.15) is 5.75 Å². The number of anilines is 1. The zero-order valence-electron chi connectivity index (χ0n) is 17.2. The molecule has 0 saturated heterocycles. The van der Waals surface area contributed by atoms with Crippen LogP contribution in [0.4, 0.5) is 5.69 Å². The van der Waals surface area contributed by atoms with Gasteiger partial charge in [0, 0.05) is 30.8 Å². The van der Waals surface area contributed by atoms with Crippen LogP contribution in [0.2, 0.25) is 0 Å². The van der Waals surface area contributed by atoms with Crippen molar-refractivity contribution in [3.8, 4) is 17.2 Å². The summed E-state index contributed by atoms with van der Waals surface area (Å²) in [4.78, 5) is 35.2. The molecule has 0 spiro atoms. The molecule has 0 unspecified atom stereocenters. The number of benzene rings is 2. The lowest BCUT2D eigenvalue weighted by molar-refractivity contribution is -0.124. The summed E-state index contributed by atoms with van der Waals surface area (Å²) >= 11 is 0. The minimum atomic E-state index is -0.650. The Hall–Kier alpha value is -3.75. The molecule has 0 bridgehead atoms. The molecule has 2 aromatic carbocycles. The number of carbonyl (C=O) groups is 3. The van der Waals surface area contributed by atoms with Gasteiger partial charge in [-0.2, -0.15) is 0 Å². The summed E-state index contributed by atoms with van der Waals surface area (Å²) in [6.45, 7) is 1.09. The number of carbonyl (C=O) groups excluding carboxylic acids is 3. The van der Waals surface area contributed by atoms with Gasteiger partial charge in [-0.3, -0.25) is 9.59 Å². The van der Waals surface area contributed by atoms with Gasteiger partial charge in [0.25, 0.3) is 5.91 Å². The fourth-order valence-electron chi connectivity index (χ4n) is 2.58. The molecule has 0 saturated carbocycles. The van der Waals surface area contributed by atoms with Crippen LogP contribution in [0.5, 0.6) is 17.2 Å². The zero-order valence-corrected chi connectivity index (χ0v) is 17.2. The Kier molecular flexibility index (Phi) is 8.04. The van der Waals surface area contributed by atoms with Gasteiger partial charge >= 0.3 is 5.97 Å². The number of amides is 2. The molecule has 0 atom stereocenters. The summed E-state index contributed by atoms with van der Waals surface area (Å²) in [5.74, 6) is 0.176. The van der Waals surface area contributed by atoms with E-state index in [1.54, 1.807) is 24.3 Å². The molecule has 2 aromatic rings. The fraction of sp³-hybridized carbons (Fsp3) is 0.286. The third-order valence-electron chi connectivity index (χ3n) is 4.04. The molecule has 0 heterocycles. The van der Waals surface area contributed by atoms with Crippen LogP contribution in [0.15, 0.2) is 36.4 Å². The highest BCUT2D eigenvalue weighted by Gasteiger charge is 2.14. The first-order valence-electron chi connectivity index (χ1n) is 8.98. The van der Waals surface area contributed by atoms with Gasteiger partial charge in [0.15, 0.2) is 18.1 Å². The Morgan fingerprint density at radius 2 is 1.47 bits per heavy atom. The quantitative estimate of drug-likeness (QED) is 0.602.